The molecule has 0 saturated heterocycles. The fourth-order valence-corrected chi connectivity index (χ4v) is 0.881. The highest BCUT2D eigenvalue weighted by atomic mass is 14.8. The molecule has 1 nitrogen and oxygen atoms in total. The molecule has 0 aromatic carbocycles. The van der Waals surface area contributed by atoms with Crippen LogP contribution in [-0.4, -0.2) is 13.1 Å². The van der Waals surface area contributed by atoms with Gasteiger partial charge in [-0.2, -0.15) is 0 Å². The van der Waals surface area contributed by atoms with Gasteiger partial charge in [-0.05, 0) is 31.3 Å². The van der Waals surface area contributed by atoms with Crippen molar-refractivity contribution in [3.8, 4) is 12.3 Å². The minimum atomic E-state index is 0.760. The lowest BCUT2D eigenvalue weighted by Gasteiger charge is -2.15. The Morgan fingerprint density at radius 1 is 1.33 bits per heavy atom. The van der Waals surface area contributed by atoms with Gasteiger partial charge in [0.05, 0.1) is 0 Å². The number of hydrogen-bond acceptors (Lipinski definition) is 1. The van der Waals surface area contributed by atoms with Crippen LogP contribution < -0.4 is 5.32 Å². The number of nitrogens with one attached hydrogen (secondary N) is 1. The van der Waals surface area contributed by atoms with Crippen LogP contribution in [0.3, 0.4) is 0 Å². The van der Waals surface area contributed by atoms with E-state index < -0.39 is 0 Å². The van der Waals surface area contributed by atoms with Crippen molar-refractivity contribution in [1.29, 1.82) is 0 Å². The zero-order chi connectivity index (χ0) is 9.40. The monoisotopic (exact) mass is 167 g/mol. The molecule has 0 spiro atoms. The minimum Gasteiger partial charge on any atom is -0.316 e. The average Bonchev–Trinajstić information content (AvgIpc) is 2.03. The Balaban J connectivity index is 3.15. The molecule has 1 atom stereocenters. The van der Waals surface area contributed by atoms with Gasteiger partial charge in [0, 0.05) is 6.42 Å². The second kappa shape index (κ2) is 7.18. The van der Waals surface area contributed by atoms with Crippen molar-refractivity contribution >= 4 is 0 Å². The lowest BCUT2D eigenvalue weighted by molar-refractivity contribution is 0.393. The van der Waals surface area contributed by atoms with Gasteiger partial charge in [-0.1, -0.05) is 20.8 Å². The van der Waals surface area contributed by atoms with Crippen LogP contribution in [0.25, 0.3) is 0 Å². The maximum atomic E-state index is 5.14. The van der Waals surface area contributed by atoms with E-state index in [0.717, 1.165) is 37.8 Å². The summed E-state index contributed by atoms with van der Waals surface area (Å²) >= 11 is 0. The van der Waals surface area contributed by atoms with Gasteiger partial charge in [0.25, 0.3) is 0 Å². The van der Waals surface area contributed by atoms with Gasteiger partial charge in [-0.25, -0.2) is 0 Å². The van der Waals surface area contributed by atoms with Gasteiger partial charge in [0.1, 0.15) is 0 Å². The van der Waals surface area contributed by atoms with E-state index in [-0.39, 0.29) is 0 Å². The highest BCUT2D eigenvalue weighted by molar-refractivity contribution is 4.83. The molecule has 1 N–H and O–H groups in total. The molecule has 0 aliphatic heterocycles. The molecule has 12 heavy (non-hydrogen) atoms. The second-order valence-corrected chi connectivity index (χ2v) is 3.73. The summed E-state index contributed by atoms with van der Waals surface area (Å²) in [7, 11) is 0. The fourth-order valence-electron chi connectivity index (χ4n) is 0.881. The molecule has 0 amide bonds. The number of terminal acetylenes is 1. The standard InChI is InChI=1S/C11H21N/c1-5-6-7-8-12-9-11(4)10(2)3/h1,10-12H,6-9H2,2-4H3. The normalized spacial score (nSPS) is 12.9. The zero-order valence-corrected chi connectivity index (χ0v) is 8.56. The van der Waals surface area contributed by atoms with Crippen LogP contribution in [0.4, 0.5) is 0 Å². The van der Waals surface area contributed by atoms with Gasteiger partial charge < -0.3 is 5.32 Å². The molecular weight excluding hydrogens is 146 g/mol. The van der Waals surface area contributed by atoms with E-state index in [4.69, 9.17) is 6.42 Å². The Bertz CT molecular complexity index is 132. The summed E-state index contributed by atoms with van der Waals surface area (Å²) in [5, 5.41) is 3.41. The van der Waals surface area contributed by atoms with E-state index in [1.54, 1.807) is 0 Å². The van der Waals surface area contributed by atoms with Crippen LogP contribution in [0.5, 0.6) is 0 Å². The van der Waals surface area contributed by atoms with Gasteiger partial charge in [0.15, 0.2) is 0 Å². The van der Waals surface area contributed by atoms with E-state index in [1.165, 1.54) is 0 Å². The molecule has 0 bridgehead atoms. The highest BCUT2D eigenvalue weighted by Crippen LogP contribution is 2.07. The Morgan fingerprint density at radius 2 is 2.00 bits per heavy atom. The number of unbranched alkanes of at least 4 members (excludes halogenated alkanes) is 1. The molecule has 0 aliphatic rings. The molecular formula is C11H21N. The summed E-state index contributed by atoms with van der Waals surface area (Å²) in [6.45, 7) is 8.96. The van der Waals surface area contributed by atoms with Gasteiger partial charge in [-0.3, -0.25) is 0 Å². The van der Waals surface area contributed by atoms with Crippen LogP contribution in [0.15, 0.2) is 0 Å². The molecule has 0 aliphatic carbocycles. The third-order valence-corrected chi connectivity index (χ3v) is 2.28. The van der Waals surface area contributed by atoms with E-state index in [2.05, 4.69) is 32.0 Å². The molecule has 0 saturated carbocycles. The van der Waals surface area contributed by atoms with E-state index in [1.807, 2.05) is 0 Å². The summed E-state index contributed by atoms with van der Waals surface area (Å²) < 4.78 is 0. The molecule has 0 radical (unpaired) electrons. The molecule has 1 heteroatoms. The Hall–Kier alpha value is -0.480. The van der Waals surface area contributed by atoms with E-state index >= 15 is 0 Å². The number of rotatable bonds is 6. The third-order valence-electron chi connectivity index (χ3n) is 2.28. The smallest absolute Gasteiger partial charge is 0.00981 e. The number of hydrogen-bond donors (Lipinski definition) is 1. The van der Waals surface area contributed by atoms with Crippen molar-refractivity contribution in [2.24, 2.45) is 11.8 Å². The zero-order valence-electron chi connectivity index (χ0n) is 8.56. The summed E-state index contributed by atoms with van der Waals surface area (Å²) in [5.41, 5.74) is 0. The molecule has 0 aromatic rings. The molecule has 0 rings (SSSR count). The summed E-state index contributed by atoms with van der Waals surface area (Å²) in [5.74, 6) is 4.17. The minimum absolute atomic E-state index is 0.760. The Labute approximate surface area is 76.9 Å². The van der Waals surface area contributed by atoms with Crippen molar-refractivity contribution in [3.63, 3.8) is 0 Å². The quantitative estimate of drug-likeness (QED) is 0.473. The predicted octanol–water partition coefficient (Wildman–Crippen LogP) is 2.28. The first-order chi connectivity index (χ1) is 5.68. The maximum Gasteiger partial charge on any atom is 0.00981 e. The summed E-state index contributed by atoms with van der Waals surface area (Å²) in [4.78, 5) is 0. The van der Waals surface area contributed by atoms with Crippen LogP contribution >= 0.6 is 0 Å². The van der Waals surface area contributed by atoms with Crippen molar-refractivity contribution < 1.29 is 0 Å². The van der Waals surface area contributed by atoms with Crippen molar-refractivity contribution in [2.75, 3.05) is 13.1 Å². The lowest BCUT2D eigenvalue weighted by atomic mass is 9.98. The first-order valence-corrected chi connectivity index (χ1v) is 4.82. The summed E-state index contributed by atoms with van der Waals surface area (Å²) in [6, 6.07) is 0. The molecule has 0 aromatic heterocycles. The lowest BCUT2D eigenvalue weighted by Crippen LogP contribution is -2.24. The predicted molar refractivity (Wildman–Crippen MR) is 54.9 cm³/mol. The third kappa shape index (κ3) is 6.24. The van der Waals surface area contributed by atoms with Crippen LogP contribution in [0.2, 0.25) is 0 Å². The van der Waals surface area contributed by atoms with Gasteiger partial charge >= 0.3 is 0 Å². The van der Waals surface area contributed by atoms with Crippen molar-refractivity contribution in [1.82, 2.24) is 5.32 Å². The van der Waals surface area contributed by atoms with Crippen LogP contribution in [-0.2, 0) is 0 Å². The van der Waals surface area contributed by atoms with E-state index in [0.29, 0.717) is 0 Å². The van der Waals surface area contributed by atoms with Gasteiger partial charge in [-0.15, -0.1) is 12.3 Å². The Kier molecular flexibility index (Phi) is 6.90. The SMILES string of the molecule is C#CCCCNCC(C)C(C)C. The maximum absolute atomic E-state index is 5.14. The fraction of sp³-hybridized carbons (Fsp3) is 0.818. The second-order valence-electron chi connectivity index (χ2n) is 3.73. The van der Waals surface area contributed by atoms with Crippen molar-refractivity contribution in [2.45, 2.75) is 33.6 Å². The Morgan fingerprint density at radius 3 is 2.50 bits per heavy atom. The first kappa shape index (κ1) is 11.5. The van der Waals surface area contributed by atoms with Crippen LogP contribution in [0, 0.1) is 24.2 Å². The first-order valence-electron chi connectivity index (χ1n) is 4.82. The molecule has 0 heterocycles. The molecule has 0 fully saturated rings. The topological polar surface area (TPSA) is 12.0 Å². The largest absolute Gasteiger partial charge is 0.316 e. The van der Waals surface area contributed by atoms with E-state index in [9.17, 15) is 0 Å². The molecule has 1 unspecified atom stereocenters. The van der Waals surface area contributed by atoms with Gasteiger partial charge in [0.2, 0.25) is 0 Å². The van der Waals surface area contributed by atoms with Crippen LogP contribution in [0.1, 0.15) is 33.6 Å². The highest BCUT2D eigenvalue weighted by Gasteiger charge is 2.04. The summed E-state index contributed by atoms with van der Waals surface area (Å²) in [6.07, 6.45) is 7.13. The average molecular weight is 167 g/mol. The van der Waals surface area contributed by atoms with Crippen molar-refractivity contribution in [3.05, 3.63) is 0 Å². The molecule has 70 valence electrons.